The van der Waals surface area contributed by atoms with E-state index < -0.39 is 13.4 Å². The highest BCUT2D eigenvalue weighted by atomic mass is 79.9. The van der Waals surface area contributed by atoms with Crippen molar-refractivity contribution < 1.29 is 26.5 Å². The van der Waals surface area contributed by atoms with Gasteiger partial charge in [0, 0.05) is 0 Å². The number of halogens is 1. The van der Waals surface area contributed by atoms with Crippen LogP contribution < -0.4 is 32.9 Å². The minimum absolute atomic E-state index is 0. The molecule has 0 unspecified atom stereocenters. The molecule has 0 aromatic heterocycles. The topological polar surface area (TPSA) is 26.3 Å². The van der Waals surface area contributed by atoms with Crippen LogP contribution >= 0.6 is 7.26 Å². The summed E-state index contributed by atoms with van der Waals surface area (Å²) in [6.07, 6.45) is -0.189. The lowest BCUT2D eigenvalue weighted by molar-refractivity contribution is -0.144. The summed E-state index contributed by atoms with van der Waals surface area (Å²) in [4.78, 5) is 13.9. The third-order valence-corrected chi connectivity index (χ3v) is 10.7. The average Bonchev–Trinajstić information content (AvgIpc) is 2.97. The normalized spacial score (nSPS) is 10.9. The number of carbonyl (C=O) groups is 1. The van der Waals surface area contributed by atoms with E-state index >= 15 is 0 Å². The van der Waals surface area contributed by atoms with Gasteiger partial charge in [0.1, 0.15) is 23.2 Å². The highest BCUT2D eigenvalue weighted by molar-refractivity contribution is 7.96. The number of hydrogen-bond donors (Lipinski definition) is 0. The van der Waals surface area contributed by atoms with E-state index in [1.54, 1.807) is 0 Å². The summed E-state index contributed by atoms with van der Waals surface area (Å²) in [5, 5.41) is 3.49. The van der Waals surface area contributed by atoms with Crippen LogP contribution in [-0.2, 0) is 9.53 Å². The van der Waals surface area contributed by atoms with Crippen LogP contribution in [0.15, 0.2) is 152 Å². The van der Waals surface area contributed by atoms with E-state index in [-0.39, 0.29) is 29.1 Å². The Morgan fingerprint density at radius 1 is 0.514 bits per heavy atom. The Labute approximate surface area is 230 Å². The van der Waals surface area contributed by atoms with E-state index in [4.69, 9.17) is 4.74 Å². The molecular formula is C33H28BrO2P. The van der Waals surface area contributed by atoms with Gasteiger partial charge in [-0.2, -0.15) is 0 Å². The molecule has 0 spiro atoms. The first-order chi connectivity index (χ1) is 17.8. The van der Waals surface area contributed by atoms with Crippen LogP contribution in [0.1, 0.15) is 17.2 Å². The van der Waals surface area contributed by atoms with Crippen LogP contribution in [0.2, 0.25) is 0 Å². The third-order valence-electron chi connectivity index (χ3n) is 6.41. The zero-order chi connectivity index (χ0) is 24.6. The van der Waals surface area contributed by atoms with E-state index in [0.29, 0.717) is 0 Å². The molecule has 0 atom stereocenters. The second-order valence-corrected chi connectivity index (χ2v) is 12.2. The fraction of sp³-hybridized carbons (Fsp3) is 0.0606. The number of benzene rings is 5. The zero-order valence-electron chi connectivity index (χ0n) is 20.4. The van der Waals surface area contributed by atoms with E-state index in [0.717, 1.165) is 27.0 Å². The number of ether oxygens (including phenoxy) is 1. The Balaban J connectivity index is 0.00000320. The van der Waals surface area contributed by atoms with Gasteiger partial charge in [-0.05, 0) is 47.5 Å². The van der Waals surface area contributed by atoms with Gasteiger partial charge in [-0.3, -0.25) is 0 Å². The van der Waals surface area contributed by atoms with Gasteiger partial charge in [0.25, 0.3) is 0 Å². The van der Waals surface area contributed by atoms with Crippen LogP contribution in [-0.4, -0.2) is 12.1 Å². The molecule has 0 amide bonds. The van der Waals surface area contributed by atoms with E-state index in [1.165, 1.54) is 0 Å². The molecule has 0 aliphatic rings. The molecule has 37 heavy (non-hydrogen) atoms. The molecule has 5 aromatic rings. The van der Waals surface area contributed by atoms with Gasteiger partial charge in [-0.25, -0.2) is 4.79 Å². The van der Waals surface area contributed by atoms with Gasteiger partial charge in [-0.15, -0.1) is 0 Å². The van der Waals surface area contributed by atoms with Crippen LogP contribution in [0.3, 0.4) is 0 Å². The molecule has 5 rings (SSSR count). The van der Waals surface area contributed by atoms with Crippen molar-refractivity contribution >= 4 is 29.1 Å². The monoisotopic (exact) mass is 566 g/mol. The minimum Gasteiger partial charge on any atom is -1.00 e. The van der Waals surface area contributed by atoms with Crippen molar-refractivity contribution in [3.05, 3.63) is 163 Å². The van der Waals surface area contributed by atoms with Gasteiger partial charge in [0.15, 0.2) is 12.3 Å². The molecule has 0 bridgehead atoms. The summed E-state index contributed by atoms with van der Waals surface area (Å²) in [6, 6.07) is 51.2. The minimum atomic E-state index is -2.32. The summed E-state index contributed by atoms with van der Waals surface area (Å²) in [6.45, 7) is 0. The Morgan fingerprint density at radius 3 is 1.14 bits per heavy atom. The van der Waals surface area contributed by atoms with Crippen LogP contribution in [0.4, 0.5) is 0 Å². The lowest BCUT2D eigenvalue weighted by atomic mass is 10.0. The van der Waals surface area contributed by atoms with Crippen molar-refractivity contribution in [2.24, 2.45) is 0 Å². The maximum absolute atomic E-state index is 13.9. The molecule has 0 fully saturated rings. The molecule has 0 radical (unpaired) electrons. The Kier molecular flexibility index (Phi) is 9.06. The fourth-order valence-electron chi connectivity index (χ4n) is 4.72. The highest BCUT2D eigenvalue weighted by Crippen LogP contribution is 2.55. The summed E-state index contributed by atoms with van der Waals surface area (Å²) >= 11 is 0. The van der Waals surface area contributed by atoms with Crippen LogP contribution in [0, 0.1) is 0 Å². The zero-order valence-corrected chi connectivity index (χ0v) is 22.8. The molecule has 0 aliphatic carbocycles. The number of rotatable bonds is 8. The largest absolute Gasteiger partial charge is 1.00 e. The van der Waals surface area contributed by atoms with Crippen LogP contribution in [0.5, 0.6) is 0 Å². The number of esters is 1. The molecule has 0 saturated carbocycles. The van der Waals surface area contributed by atoms with Gasteiger partial charge < -0.3 is 21.7 Å². The summed E-state index contributed by atoms with van der Waals surface area (Å²) in [5.74, 6) is -0.211. The van der Waals surface area contributed by atoms with Crippen molar-refractivity contribution in [2.75, 3.05) is 6.16 Å². The van der Waals surface area contributed by atoms with Gasteiger partial charge in [-0.1, -0.05) is 115 Å². The summed E-state index contributed by atoms with van der Waals surface area (Å²) < 4.78 is 6.33. The number of carbonyl (C=O) groups excluding carboxylic acids is 1. The van der Waals surface area contributed by atoms with Gasteiger partial charge in [0.2, 0.25) is 0 Å². The first kappa shape index (κ1) is 26.5. The van der Waals surface area contributed by atoms with Gasteiger partial charge in [0.05, 0.1) is 0 Å². The quantitative estimate of drug-likeness (QED) is 0.213. The van der Waals surface area contributed by atoms with Crippen LogP contribution in [0.25, 0.3) is 0 Å². The standard InChI is InChI=1S/C33H28O2P.BrH/c34-32(35-33(27-16-6-1-7-17-27)28-18-8-2-9-19-28)26-36(29-20-10-3-11-21-29,30-22-12-4-13-23-30)31-24-14-5-15-25-31;/h1-25,33H,26H2;1H/q+1;/p-1. The molecule has 4 heteroatoms. The number of hydrogen-bond acceptors (Lipinski definition) is 2. The average molecular weight is 567 g/mol. The first-order valence-electron chi connectivity index (χ1n) is 12.1. The van der Waals surface area contributed by atoms with Crippen molar-refractivity contribution in [1.29, 1.82) is 0 Å². The molecule has 184 valence electrons. The maximum atomic E-state index is 13.9. The Bertz CT molecular complexity index is 1240. The lowest BCUT2D eigenvalue weighted by Crippen LogP contribution is -3.00. The van der Waals surface area contributed by atoms with Crippen molar-refractivity contribution in [3.63, 3.8) is 0 Å². The smallest absolute Gasteiger partial charge is 0.346 e. The highest BCUT2D eigenvalue weighted by Gasteiger charge is 2.48. The molecule has 0 aliphatic heterocycles. The molecule has 0 heterocycles. The van der Waals surface area contributed by atoms with Crippen molar-refractivity contribution in [1.82, 2.24) is 0 Å². The van der Waals surface area contributed by atoms with Crippen molar-refractivity contribution in [3.8, 4) is 0 Å². The molecule has 0 N–H and O–H groups in total. The SMILES string of the molecule is O=C(C[P+](c1ccccc1)(c1ccccc1)c1ccccc1)OC(c1ccccc1)c1ccccc1.[Br-]. The molecular weight excluding hydrogens is 539 g/mol. The summed E-state index contributed by atoms with van der Waals surface area (Å²) in [7, 11) is -2.32. The van der Waals surface area contributed by atoms with Gasteiger partial charge >= 0.3 is 5.97 Å². The fourth-order valence-corrected chi connectivity index (χ4v) is 8.66. The predicted molar refractivity (Wildman–Crippen MR) is 151 cm³/mol. The predicted octanol–water partition coefficient (Wildman–Crippen LogP) is 3.32. The Morgan fingerprint density at radius 2 is 0.811 bits per heavy atom. The Hall–Kier alpha value is -3.52. The first-order valence-corrected chi connectivity index (χ1v) is 14.1. The molecule has 0 saturated heterocycles. The van der Waals surface area contributed by atoms with E-state index in [2.05, 4.69) is 72.8 Å². The van der Waals surface area contributed by atoms with E-state index in [9.17, 15) is 4.79 Å². The second-order valence-electron chi connectivity index (χ2n) is 8.67. The maximum Gasteiger partial charge on any atom is 0.346 e. The van der Waals surface area contributed by atoms with Crippen molar-refractivity contribution in [2.45, 2.75) is 6.10 Å². The van der Waals surface area contributed by atoms with E-state index in [1.807, 2.05) is 78.9 Å². The second kappa shape index (κ2) is 12.6. The summed E-state index contributed by atoms with van der Waals surface area (Å²) in [5.41, 5.74) is 1.92. The lowest BCUT2D eigenvalue weighted by Gasteiger charge is -2.28. The molecule has 2 nitrogen and oxygen atoms in total. The molecule has 5 aromatic carbocycles. The third kappa shape index (κ3) is 5.91.